The standard InChI is InChI=1S/C19H30O2/c1-16(2)9-8-10-17(3)13-14-21-19(20-4)15-18-11-6-5-7-12-18/h5-7,9,11-12,17,19H,8,10,13-15H2,1-4H3. The predicted molar refractivity (Wildman–Crippen MR) is 89.3 cm³/mol. The Hall–Kier alpha value is -1.12. The van der Waals surface area contributed by atoms with Gasteiger partial charge in [-0.15, -0.1) is 0 Å². The van der Waals surface area contributed by atoms with Crippen molar-refractivity contribution >= 4 is 0 Å². The molecular formula is C19H30O2. The van der Waals surface area contributed by atoms with E-state index < -0.39 is 0 Å². The summed E-state index contributed by atoms with van der Waals surface area (Å²) in [5.41, 5.74) is 2.65. The zero-order valence-corrected chi connectivity index (χ0v) is 14.0. The van der Waals surface area contributed by atoms with E-state index in [1.807, 2.05) is 18.2 Å². The molecule has 0 aliphatic heterocycles. The van der Waals surface area contributed by atoms with Crippen molar-refractivity contribution in [3.8, 4) is 0 Å². The van der Waals surface area contributed by atoms with Crippen LogP contribution in [-0.4, -0.2) is 20.0 Å². The van der Waals surface area contributed by atoms with Crippen LogP contribution in [0.25, 0.3) is 0 Å². The van der Waals surface area contributed by atoms with Crippen LogP contribution >= 0.6 is 0 Å². The Kier molecular flexibility index (Phi) is 9.04. The predicted octanol–water partition coefficient (Wildman–Crippen LogP) is 4.99. The number of ether oxygens (including phenoxy) is 2. The number of hydrogen-bond acceptors (Lipinski definition) is 2. The molecule has 1 rings (SSSR count). The van der Waals surface area contributed by atoms with Crippen LogP contribution in [-0.2, 0) is 15.9 Å². The topological polar surface area (TPSA) is 18.5 Å². The number of benzene rings is 1. The first-order valence-corrected chi connectivity index (χ1v) is 7.93. The molecule has 2 nitrogen and oxygen atoms in total. The highest BCUT2D eigenvalue weighted by molar-refractivity contribution is 5.15. The Morgan fingerprint density at radius 2 is 1.86 bits per heavy atom. The summed E-state index contributed by atoms with van der Waals surface area (Å²) in [6, 6.07) is 10.3. The molecule has 0 spiro atoms. The molecular weight excluding hydrogens is 260 g/mol. The maximum Gasteiger partial charge on any atom is 0.161 e. The van der Waals surface area contributed by atoms with E-state index in [0.717, 1.165) is 19.4 Å². The fraction of sp³-hybridized carbons (Fsp3) is 0.579. The largest absolute Gasteiger partial charge is 0.356 e. The second kappa shape index (κ2) is 10.6. The summed E-state index contributed by atoms with van der Waals surface area (Å²) in [7, 11) is 1.71. The number of hydrogen-bond donors (Lipinski definition) is 0. The molecule has 2 heteroatoms. The lowest BCUT2D eigenvalue weighted by atomic mass is 10.0. The summed E-state index contributed by atoms with van der Waals surface area (Å²) in [6.45, 7) is 7.36. The summed E-state index contributed by atoms with van der Waals surface area (Å²) in [5.74, 6) is 0.690. The van der Waals surface area contributed by atoms with Crippen molar-refractivity contribution in [2.45, 2.75) is 52.7 Å². The fourth-order valence-electron chi connectivity index (χ4n) is 2.22. The highest BCUT2D eigenvalue weighted by Crippen LogP contribution is 2.13. The molecule has 0 heterocycles. The molecule has 0 bridgehead atoms. The Morgan fingerprint density at radius 1 is 1.14 bits per heavy atom. The van der Waals surface area contributed by atoms with E-state index >= 15 is 0 Å². The minimum absolute atomic E-state index is 0.141. The molecule has 0 aromatic heterocycles. The van der Waals surface area contributed by atoms with Gasteiger partial charge in [0.25, 0.3) is 0 Å². The van der Waals surface area contributed by atoms with Crippen molar-refractivity contribution in [3.63, 3.8) is 0 Å². The molecule has 0 amide bonds. The van der Waals surface area contributed by atoms with Crippen molar-refractivity contribution in [2.75, 3.05) is 13.7 Å². The summed E-state index contributed by atoms with van der Waals surface area (Å²) in [6.07, 6.45) is 6.46. The molecule has 1 aromatic rings. The van der Waals surface area contributed by atoms with E-state index in [0.29, 0.717) is 5.92 Å². The van der Waals surface area contributed by atoms with Gasteiger partial charge in [0.1, 0.15) is 0 Å². The van der Waals surface area contributed by atoms with Crippen LogP contribution < -0.4 is 0 Å². The normalized spacial score (nSPS) is 13.7. The van der Waals surface area contributed by atoms with Crippen molar-refractivity contribution < 1.29 is 9.47 Å². The molecule has 1 aromatic carbocycles. The molecule has 0 N–H and O–H groups in total. The maximum atomic E-state index is 5.86. The molecule has 21 heavy (non-hydrogen) atoms. The molecule has 2 atom stereocenters. The van der Waals surface area contributed by atoms with E-state index in [1.54, 1.807) is 7.11 Å². The van der Waals surface area contributed by atoms with Crippen molar-refractivity contribution in [3.05, 3.63) is 47.5 Å². The summed E-state index contributed by atoms with van der Waals surface area (Å²) < 4.78 is 11.3. The van der Waals surface area contributed by atoms with Crippen LogP contribution in [0.4, 0.5) is 0 Å². The molecule has 0 radical (unpaired) electrons. The van der Waals surface area contributed by atoms with Gasteiger partial charge >= 0.3 is 0 Å². The molecule has 0 aliphatic carbocycles. The summed E-state index contributed by atoms with van der Waals surface area (Å²) in [4.78, 5) is 0. The second-order valence-corrected chi connectivity index (χ2v) is 5.98. The highest BCUT2D eigenvalue weighted by Gasteiger charge is 2.09. The Bertz CT molecular complexity index is 393. The first-order chi connectivity index (χ1) is 10.1. The highest BCUT2D eigenvalue weighted by atomic mass is 16.7. The van der Waals surface area contributed by atoms with Gasteiger partial charge in [-0.05, 0) is 44.6 Å². The van der Waals surface area contributed by atoms with Crippen LogP contribution in [0.15, 0.2) is 42.0 Å². The number of allylic oxidation sites excluding steroid dienone is 2. The first kappa shape index (κ1) is 17.9. The van der Waals surface area contributed by atoms with Gasteiger partial charge in [-0.1, -0.05) is 48.9 Å². The second-order valence-electron chi connectivity index (χ2n) is 5.98. The van der Waals surface area contributed by atoms with Gasteiger partial charge in [-0.25, -0.2) is 0 Å². The van der Waals surface area contributed by atoms with Gasteiger partial charge in [0, 0.05) is 20.1 Å². The lowest BCUT2D eigenvalue weighted by Gasteiger charge is -2.18. The Labute approximate surface area is 130 Å². The van der Waals surface area contributed by atoms with E-state index in [-0.39, 0.29) is 6.29 Å². The van der Waals surface area contributed by atoms with Crippen LogP contribution in [0.3, 0.4) is 0 Å². The van der Waals surface area contributed by atoms with Gasteiger partial charge in [0.05, 0.1) is 0 Å². The van der Waals surface area contributed by atoms with Gasteiger partial charge in [-0.3, -0.25) is 0 Å². The van der Waals surface area contributed by atoms with Gasteiger partial charge < -0.3 is 9.47 Å². The molecule has 0 aliphatic rings. The third kappa shape index (κ3) is 8.69. The minimum atomic E-state index is -0.141. The molecule has 0 fully saturated rings. The fourth-order valence-corrected chi connectivity index (χ4v) is 2.22. The zero-order valence-electron chi connectivity index (χ0n) is 14.0. The van der Waals surface area contributed by atoms with Crippen LogP contribution in [0.5, 0.6) is 0 Å². The first-order valence-electron chi connectivity index (χ1n) is 7.93. The third-order valence-corrected chi connectivity index (χ3v) is 3.63. The van der Waals surface area contributed by atoms with Crippen molar-refractivity contribution in [1.29, 1.82) is 0 Å². The zero-order chi connectivity index (χ0) is 15.5. The van der Waals surface area contributed by atoms with E-state index in [1.165, 1.54) is 24.0 Å². The SMILES string of the molecule is COC(Cc1ccccc1)OCCC(C)CCC=C(C)C. The number of methoxy groups -OCH3 is 1. The van der Waals surface area contributed by atoms with E-state index in [9.17, 15) is 0 Å². The Balaban J connectivity index is 2.21. The monoisotopic (exact) mass is 290 g/mol. The van der Waals surface area contributed by atoms with Crippen LogP contribution in [0.2, 0.25) is 0 Å². The number of rotatable bonds is 10. The maximum absolute atomic E-state index is 5.86. The lowest BCUT2D eigenvalue weighted by molar-refractivity contribution is -0.124. The third-order valence-electron chi connectivity index (χ3n) is 3.63. The van der Waals surface area contributed by atoms with Gasteiger partial charge in [-0.2, -0.15) is 0 Å². The smallest absolute Gasteiger partial charge is 0.161 e. The van der Waals surface area contributed by atoms with E-state index in [4.69, 9.17) is 9.47 Å². The molecule has 2 unspecified atom stereocenters. The molecule has 0 saturated carbocycles. The van der Waals surface area contributed by atoms with Crippen LogP contribution in [0, 0.1) is 5.92 Å². The molecule has 0 saturated heterocycles. The van der Waals surface area contributed by atoms with Crippen molar-refractivity contribution in [2.24, 2.45) is 5.92 Å². The quantitative estimate of drug-likeness (QED) is 0.446. The average molecular weight is 290 g/mol. The minimum Gasteiger partial charge on any atom is -0.356 e. The van der Waals surface area contributed by atoms with E-state index in [2.05, 4.69) is 39.0 Å². The molecule has 118 valence electrons. The Morgan fingerprint density at radius 3 is 2.48 bits per heavy atom. The van der Waals surface area contributed by atoms with Gasteiger partial charge in [0.15, 0.2) is 6.29 Å². The lowest BCUT2D eigenvalue weighted by Crippen LogP contribution is -2.19. The summed E-state index contributed by atoms with van der Waals surface area (Å²) >= 11 is 0. The van der Waals surface area contributed by atoms with Gasteiger partial charge in [0.2, 0.25) is 0 Å². The van der Waals surface area contributed by atoms with Crippen LogP contribution in [0.1, 0.15) is 45.6 Å². The summed E-state index contributed by atoms with van der Waals surface area (Å²) in [5, 5.41) is 0. The average Bonchev–Trinajstić information content (AvgIpc) is 2.47. The van der Waals surface area contributed by atoms with Crippen molar-refractivity contribution in [1.82, 2.24) is 0 Å².